The molecule has 1 aromatic heterocycles. The van der Waals surface area contributed by atoms with Crippen LogP contribution >= 0.6 is 0 Å². The molecule has 0 radical (unpaired) electrons. The van der Waals surface area contributed by atoms with E-state index in [0.717, 1.165) is 15.8 Å². The molecule has 0 aliphatic heterocycles. The van der Waals surface area contributed by atoms with E-state index in [2.05, 4.69) is 10.4 Å². The van der Waals surface area contributed by atoms with Crippen molar-refractivity contribution in [1.82, 2.24) is 9.78 Å². The molecule has 1 amide bonds. The number of carbonyl (C=O) groups is 1. The molecule has 28 heavy (non-hydrogen) atoms. The molecule has 0 unspecified atom stereocenters. The van der Waals surface area contributed by atoms with Gasteiger partial charge in [-0.1, -0.05) is 24.3 Å². The predicted molar refractivity (Wildman–Crippen MR) is 107 cm³/mol. The van der Waals surface area contributed by atoms with Crippen LogP contribution < -0.4 is 20.3 Å². The smallest absolute Gasteiger partial charge is 0.267 e. The Bertz CT molecular complexity index is 1060. The first kappa shape index (κ1) is 19.2. The third-order valence-corrected chi connectivity index (χ3v) is 4.25. The van der Waals surface area contributed by atoms with Gasteiger partial charge in [-0.05, 0) is 30.7 Å². The number of ether oxygens (including phenoxy) is 2. The summed E-state index contributed by atoms with van der Waals surface area (Å²) in [5, 5.41) is 7.08. The Labute approximate surface area is 162 Å². The lowest BCUT2D eigenvalue weighted by molar-refractivity contribution is -0.117. The Kier molecular flexibility index (Phi) is 5.74. The predicted octanol–water partition coefficient (Wildman–Crippen LogP) is 2.87. The number of nitrogens with zero attached hydrogens (tertiary/aromatic N) is 2. The highest BCUT2D eigenvalue weighted by atomic mass is 16.5. The zero-order chi connectivity index (χ0) is 20.1. The molecule has 3 aromatic rings. The molecule has 1 heterocycles. The molecule has 0 bridgehead atoms. The molecule has 144 valence electrons. The van der Waals surface area contributed by atoms with Gasteiger partial charge in [-0.25, -0.2) is 4.68 Å². The number of aromatic nitrogens is 2. The van der Waals surface area contributed by atoms with E-state index in [4.69, 9.17) is 9.47 Å². The van der Waals surface area contributed by atoms with Crippen LogP contribution in [-0.4, -0.2) is 29.9 Å². The fraction of sp³-hybridized carbons (Fsp3) is 0.190. The van der Waals surface area contributed by atoms with Crippen LogP contribution in [0.4, 0.5) is 5.69 Å². The van der Waals surface area contributed by atoms with Gasteiger partial charge in [0.15, 0.2) is 11.5 Å². The van der Waals surface area contributed by atoms with Gasteiger partial charge in [0.25, 0.3) is 5.56 Å². The van der Waals surface area contributed by atoms with Crippen LogP contribution in [0.2, 0.25) is 0 Å². The lowest BCUT2D eigenvalue weighted by Crippen LogP contribution is -2.29. The maximum atomic E-state index is 12.4. The van der Waals surface area contributed by atoms with Crippen molar-refractivity contribution in [2.75, 3.05) is 19.5 Å². The highest BCUT2D eigenvalue weighted by molar-refractivity contribution is 5.90. The molecule has 0 atom stereocenters. The molecule has 0 saturated carbocycles. The van der Waals surface area contributed by atoms with Crippen molar-refractivity contribution < 1.29 is 14.3 Å². The average Bonchev–Trinajstić information content (AvgIpc) is 2.70. The SMILES string of the molecule is COc1ccc(NC(=O)Cn2nc(-c3ccccc3C)ccc2=O)cc1OC. The summed E-state index contributed by atoms with van der Waals surface area (Å²) in [6.07, 6.45) is 0. The summed E-state index contributed by atoms with van der Waals surface area (Å²) in [4.78, 5) is 24.6. The van der Waals surface area contributed by atoms with Crippen LogP contribution in [-0.2, 0) is 11.3 Å². The Hall–Kier alpha value is -3.61. The van der Waals surface area contributed by atoms with E-state index in [1.807, 2.05) is 31.2 Å². The molecule has 0 spiro atoms. The fourth-order valence-corrected chi connectivity index (χ4v) is 2.82. The van der Waals surface area contributed by atoms with E-state index in [-0.39, 0.29) is 18.0 Å². The van der Waals surface area contributed by atoms with Gasteiger partial charge in [0.2, 0.25) is 5.91 Å². The highest BCUT2D eigenvalue weighted by Crippen LogP contribution is 2.29. The molecule has 0 fully saturated rings. The number of carbonyl (C=O) groups excluding carboxylic acids is 1. The van der Waals surface area contributed by atoms with E-state index < -0.39 is 0 Å². The first-order chi connectivity index (χ1) is 13.5. The summed E-state index contributed by atoms with van der Waals surface area (Å²) in [7, 11) is 3.06. The van der Waals surface area contributed by atoms with Crippen molar-refractivity contribution in [3.8, 4) is 22.8 Å². The van der Waals surface area contributed by atoms with E-state index >= 15 is 0 Å². The number of rotatable bonds is 6. The van der Waals surface area contributed by atoms with Gasteiger partial charge in [-0.2, -0.15) is 5.10 Å². The van der Waals surface area contributed by atoms with Crippen molar-refractivity contribution in [3.63, 3.8) is 0 Å². The van der Waals surface area contributed by atoms with Gasteiger partial charge in [-0.3, -0.25) is 9.59 Å². The van der Waals surface area contributed by atoms with Gasteiger partial charge in [0.1, 0.15) is 6.54 Å². The molecule has 0 aliphatic rings. The zero-order valence-electron chi connectivity index (χ0n) is 15.9. The number of benzene rings is 2. The Balaban J connectivity index is 1.80. The van der Waals surface area contributed by atoms with Crippen LogP contribution in [0.5, 0.6) is 11.5 Å². The van der Waals surface area contributed by atoms with Crippen molar-refractivity contribution in [1.29, 1.82) is 0 Å². The summed E-state index contributed by atoms with van der Waals surface area (Å²) in [5.74, 6) is 0.685. The molecule has 1 N–H and O–H groups in total. The van der Waals surface area contributed by atoms with Gasteiger partial charge in [0.05, 0.1) is 19.9 Å². The second kappa shape index (κ2) is 8.39. The molecular formula is C21H21N3O4. The number of nitrogens with one attached hydrogen (secondary N) is 1. The van der Waals surface area contributed by atoms with Gasteiger partial charge < -0.3 is 14.8 Å². The van der Waals surface area contributed by atoms with Crippen LogP contribution in [0.1, 0.15) is 5.56 Å². The minimum Gasteiger partial charge on any atom is -0.493 e. The molecule has 7 heteroatoms. The monoisotopic (exact) mass is 379 g/mol. The van der Waals surface area contributed by atoms with E-state index in [1.54, 1.807) is 24.3 Å². The summed E-state index contributed by atoms with van der Waals surface area (Å²) in [6, 6.07) is 15.8. The normalized spacial score (nSPS) is 10.4. The molecule has 3 rings (SSSR count). The number of methoxy groups -OCH3 is 2. The van der Waals surface area contributed by atoms with Crippen molar-refractivity contribution in [2.24, 2.45) is 0 Å². The summed E-state index contributed by atoms with van der Waals surface area (Å²) < 4.78 is 11.6. The number of amides is 1. The Morgan fingerprint density at radius 1 is 1.04 bits per heavy atom. The summed E-state index contributed by atoms with van der Waals surface area (Å²) in [5.41, 5.74) is 2.77. The topological polar surface area (TPSA) is 82.5 Å². The molecule has 2 aromatic carbocycles. The van der Waals surface area contributed by atoms with Crippen LogP contribution in [0.25, 0.3) is 11.3 Å². The van der Waals surface area contributed by atoms with Gasteiger partial charge in [-0.15, -0.1) is 0 Å². The van der Waals surface area contributed by atoms with Crippen LogP contribution in [0, 0.1) is 6.92 Å². The first-order valence-electron chi connectivity index (χ1n) is 8.68. The van der Waals surface area contributed by atoms with Crippen molar-refractivity contribution in [3.05, 3.63) is 70.5 Å². The Morgan fingerprint density at radius 3 is 2.50 bits per heavy atom. The second-order valence-electron chi connectivity index (χ2n) is 6.15. The zero-order valence-corrected chi connectivity index (χ0v) is 15.9. The number of aryl methyl sites for hydroxylation is 1. The maximum Gasteiger partial charge on any atom is 0.267 e. The average molecular weight is 379 g/mol. The minimum atomic E-state index is -0.372. The summed E-state index contributed by atoms with van der Waals surface area (Å²) in [6.45, 7) is 1.77. The fourth-order valence-electron chi connectivity index (χ4n) is 2.82. The van der Waals surface area contributed by atoms with Crippen LogP contribution in [0.3, 0.4) is 0 Å². The Morgan fingerprint density at radius 2 is 1.79 bits per heavy atom. The largest absolute Gasteiger partial charge is 0.493 e. The number of anilines is 1. The minimum absolute atomic E-state index is 0.201. The number of hydrogen-bond acceptors (Lipinski definition) is 5. The highest BCUT2D eigenvalue weighted by Gasteiger charge is 2.11. The van der Waals surface area contributed by atoms with Crippen molar-refractivity contribution >= 4 is 11.6 Å². The third-order valence-electron chi connectivity index (χ3n) is 4.25. The third kappa shape index (κ3) is 4.20. The van der Waals surface area contributed by atoms with Crippen LogP contribution in [0.15, 0.2) is 59.4 Å². The summed E-state index contributed by atoms with van der Waals surface area (Å²) >= 11 is 0. The maximum absolute atomic E-state index is 12.4. The lowest BCUT2D eigenvalue weighted by atomic mass is 10.1. The lowest BCUT2D eigenvalue weighted by Gasteiger charge is -2.11. The van der Waals surface area contributed by atoms with Gasteiger partial charge >= 0.3 is 0 Å². The number of hydrogen-bond donors (Lipinski definition) is 1. The first-order valence-corrected chi connectivity index (χ1v) is 8.68. The van der Waals surface area contributed by atoms with E-state index in [9.17, 15) is 9.59 Å². The molecule has 0 saturated heterocycles. The van der Waals surface area contributed by atoms with Crippen molar-refractivity contribution in [2.45, 2.75) is 13.5 Å². The molecule has 7 nitrogen and oxygen atoms in total. The molecule has 0 aliphatic carbocycles. The van der Waals surface area contributed by atoms with E-state index in [1.165, 1.54) is 20.3 Å². The van der Waals surface area contributed by atoms with E-state index in [0.29, 0.717) is 22.9 Å². The van der Waals surface area contributed by atoms with Gasteiger partial charge in [0, 0.05) is 23.4 Å². The molecular weight excluding hydrogens is 358 g/mol. The quantitative estimate of drug-likeness (QED) is 0.712. The second-order valence-corrected chi connectivity index (χ2v) is 6.15. The standard InChI is InChI=1S/C21H21N3O4/c1-14-6-4-5-7-16(14)17-9-11-21(26)24(23-17)13-20(25)22-15-8-10-18(27-2)19(12-15)28-3/h4-12H,13H2,1-3H3,(H,22,25).